The maximum absolute atomic E-state index is 12.4. The summed E-state index contributed by atoms with van der Waals surface area (Å²) in [5.41, 5.74) is 8.75. The van der Waals surface area contributed by atoms with Gasteiger partial charge in [0.2, 0.25) is 0 Å². The number of aromatic nitrogens is 1. The highest BCUT2D eigenvalue weighted by atomic mass is 16.5. The van der Waals surface area contributed by atoms with Crippen molar-refractivity contribution in [1.29, 1.82) is 0 Å². The Labute approximate surface area is 175 Å². The van der Waals surface area contributed by atoms with Gasteiger partial charge in [0.25, 0.3) is 11.8 Å². The van der Waals surface area contributed by atoms with Crippen molar-refractivity contribution < 1.29 is 14.3 Å². The normalized spacial score (nSPS) is 13.8. The zero-order valence-corrected chi connectivity index (χ0v) is 17.2. The number of nitrogens with one attached hydrogen (secondary N) is 3. The Morgan fingerprint density at radius 2 is 1.90 bits per heavy atom. The number of carbonyl (C=O) groups is 2. The monoisotopic (exact) mass is 409 g/mol. The number of ether oxygens (including phenoxy) is 1. The van der Waals surface area contributed by atoms with Crippen molar-refractivity contribution in [2.24, 2.45) is 5.73 Å². The summed E-state index contributed by atoms with van der Waals surface area (Å²) in [5.74, 6) is 0.102. The molecule has 0 bridgehead atoms. The zero-order chi connectivity index (χ0) is 21.5. The van der Waals surface area contributed by atoms with E-state index in [0.29, 0.717) is 29.2 Å². The number of carbonyl (C=O) groups excluding carboxylic acids is 2. The van der Waals surface area contributed by atoms with Crippen molar-refractivity contribution in [2.45, 2.75) is 32.7 Å². The molecule has 1 aliphatic rings. The number of nitrogens with two attached hydrogens (primary N) is 1. The number of aryl methyl sites for hydroxylation is 1. The Kier molecular flexibility index (Phi) is 6.90. The van der Waals surface area contributed by atoms with Crippen molar-refractivity contribution in [3.63, 3.8) is 0 Å². The molecule has 8 nitrogen and oxygen atoms in total. The number of nitrogens with zero attached hydrogens (tertiary/aromatic N) is 1. The molecule has 158 valence electrons. The summed E-state index contributed by atoms with van der Waals surface area (Å²) >= 11 is 0. The van der Waals surface area contributed by atoms with E-state index < -0.39 is 0 Å². The molecule has 30 heavy (non-hydrogen) atoms. The molecule has 0 radical (unpaired) electrons. The quantitative estimate of drug-likeness (QED) is 0.471. The lowest BCUT2D eigenvalue weighted by molar-refractivity contribution is -0.117. The first-order valence-corrected chi connectivity index (χ1v) is 9.96. The van der Waals surface area contributed by atoms with Crippen LogP contribution in [0, 0.1) is 6.92 Å². The summed E-state index contributed by atoms with van der Waals surface area (Å²) in [6.07, 6.45) is 3.55. The lowest BCUT2D eigenvalue weighted by Crippen LogP contribution is -2.33. The molecule has 1 aromatic carbocycles. The molecule has 5 N–H and O–H groups in total. The van der Waals surface area contributed by atoms with Crippen LogP contribution in [0.25, 0.3) is 0 Å². The van der Waals surface area contributed by atoms with Crippen molar-refractivity contribution >= 4 is 17.5 Å². The summed E-state index contributed by atoms with van der Waals surface area (Å²) in [5, 5.41) is 8.78. The van der Waals surface area contributed by atoms with Gasteiger partial charge in [-0.1, -0.05) is 0 Å². The minimum atomic E-state index is -0.329. The van der Waals surface area contributed by atoms with Crippen molar-refractivity contribution in [3.8, 4) is 5.75 Å². The van der Waals surface area contributed by atoms with Crippen LogP contribution >= 0.6 is 0 Å². The van der Waals surface area contributed by atoms with Gasteiger partial charge in [0.1, 0.15) is 18.1 Å². The molecule has 1 fully saturated rings. The lowest BCUT2D eigenvalue weighted by Gasteiger charge is -2.16. The average molecular weight is 409 g/mol. The number of amides is 2. The smallest absolute Gasteiger partial charge is 0.269 e. The van der Waals surface area contributed by atoms with Crippen LogP contribution in [0.2, 0.25) is 0 Å². The molecule has 0 atom stereocenters. The average Bonchev–Trinajstić information content (AvgIpc) is 3.56. The van der Waals surface area contributed by atoms with Gasteiger partial charge in [-0.15, -0.1) is 0 Å². The largest absolute Gasteiger partial charge is 0.486 e. The molecule has 8 heteroatoms. The van der Waals surface area contributed by atoms with Crippen LogP contribution < -0.4 is 26.4 Å². The van der Waals surface area contributed by atoms with E-state index in [2.05, 4.69) is 20.9 Å². The molecular formula is C22H27N5O3. The van der Waals surface area contributed by atoms with Crippen LogP contribution in [-0.2, 0) is 4.79 Å². The van der Waals surface area contributed by atoms with E-state index >= 15 is 0 Å². The zero-order valence-electron chi connectivity index (χ0n) is 17.2. The van der Waals surface area contributed by atoms with Gasteiger partial charge in [0.05, 0.1) is 11.9 Å². The highest BCUT2D eigenvalue weighted by Crippen LogP contribution is 2.20. The molecule has 1 saturated carbocycles. The van der Waals surface area contributed by atoms with Crippen molar-refractivity contribution in [1.82, 2.24) is 15.6 Å². The van der Waals surface area contributed by atoms with Gasteiger partial charge in [-0.3, -0.25) is 14.6 Å². The second kappa shape index (κ2) is 9.78. The molecule has 1 aliphatic carbocycles. The highest BCUT2D eigenvalue weighted by molar-refractivity contribution is 5.95. The maximum atomic E-state index is 12.4. The first kappa shape index (κ1) is 21.2. The number of benzene rings is 1. The second-order valence-electron chi connectivity index (χ2n) is 7.13. The third kappa shape index (κ3) is 5.97. The maximum Gasteiger partial charge on any atom is 0.269 e. The van der Waals surface area contributed by atoms with E-state index in [1.807, 2.05) is 26.0 Å². The van der Waals surface area contributed by atoms with Crippen LogP contribution in [-0.4, -0.2) is 36.0 Å². The topological polar surface area (TPSA) is 118 Å². The summed E-state index contributed by atoms with van der Waals surface area (Å²) in [6.45, 7) is 4.38. The number of hydrogen-bond acceptors (Lipinski definition) is 6. The van der Waals surface area contributed by atoms with Crippen LogP contribution in [0.15, 0.2) is 54.0 Å². The van der Waals surface area contributed by atoms with Gasteiger partial charge in [-0.2, -0.15) is 0 Å². The molecule has 1 aromatic heterocycles. The van der Waals surface area contributed by atoms with E-state index in [-0.39, 0.29) is 30.2 Å². The molecule has 2 aromatic rings. The summed E-state index contributed by atoms with van der Waals surface area (Å²) in [6, 6.07) is 10.8. The van der Waals surface area contributed by atoms with E-state index in [4.69, 9.17) is 10.5 Å². The highest BCUT2D eigenvalue weighted by Gasteiger charge is 2.25. The van der Waals surface area contributed by atoms with Crippen LogP contribution in [0.4, 0.5) is 5.69 Å². The Bertz CT molecular complexity index is 919. The van der Waals surface area contributed by atoms with Gasteiger partial charge in [0.15, 0.2) is 0 Å². The summed E-state index contributed by atoms with van der Waals surface area (Å²) in [4.78, 5) is 28.6. The van der Waals surface area contributed by atoms with Gasteiger partial charge < -0.3 is 26.4 Å². The lowest BCUT2D eigenvalue weighted by atomic mass is 10.2. The van der Waals surface area contributed by atoms with Crippen LogP contribution in [0.5, 0.6) is 5.75 Å². The molecule has 0 unspecified atom stereocenters. The standard InChI is InChI=1S/C22H27N5O3/c1-3-24-21(28)15-5-7-16(8-6-15)26-19(20(23)22(29)27-17-9-10-17)13-30-18-11-4-14(2)25-12-18/h4-8,11-12,17,26H,3,9-10,13,23H2,1-2H3,(H,24,28)(H,27,29)/b20-19-. The molecule has 0 aliphatic heterocycles. The van der Waals surface area contributed by atoms with Crippen molar-refractivity contribution in [3.05, 3.63) is 65.2 Å². The molecule has 0 spiro atoms. The molecule has 3 rings (SSSR count). The first-order valence-electron chi connectivity index (χ1n) is 9.96. The third-order valence-corrected chi connectivity index (χ3v) is 4.53. The number of rotatable bonds is 9. The van der Waals surface area contributed by atoms with Gasteiger partial charge in [-0.25, -0.2) is 0 Å². The fourth-order valence-corrected chi connectivity index (χ4v) is 2.65. The Hall–Kier alpha value is -3.55. The fraction of sp³-hybridized carbons (Fsp3) is 0.318. The van der Waals surface area contributed by atoms with Crippen molar-refractivity contribution in [2.75, 3.05) is 18.5 Å². The third-order valence-electron chi connectivity index (χ3n) is 4.53. The molecular weight excluding hydrogens is 382 g/mol. The van der Waals surface area contributed by atoms with Crippen LogP contribution in [0.3, 0.4) is 0 Å². The summed E-state index contributed by atoms with van der Waals surface area (Å²) in [7, 11) is 0. The number of anilines is 1. The van der Waals surface area contributed by atoms with E-state index in [1.165, 1.54) is 0 Å². The van der Waals surface area contributed by atoms with E-state index in [9.17, 15) is 9.59 Å². The molecule has 2 amide bonds. The minimum Gasteiger partial charge on any atom is -0.486 e. The van der Waals surface area contributed by atoms with E-state index in [0.717, 1.165) is 18.5 Å². The Morgan fingerprint density at radius 3 is 2.50 bits per heavy atom. The Balaban J connectivity index is 1.75. The van der Waals surface area contributed by atoms with Gasteiger partial charge in [0, 0.05) is 29.5 Å². The second-order valence-corrected chi connectivity index (χ2v) is 7.13. The van der Waals surface area contributed by atoms with Gasteiger partial charge >= 0.3 is 0 Å². The van der Waals surface area contributed by atoms with Crippen LogP contribution in [0.1, 0.15) is 35.8 Å². The Morgan fingerprint density at radius 1 is 1.17 bits per heavy atom. The van der Waals surface area contributed by atoms with Gasteiger partial charge in [-0.05, 0) is 63.1 Å². The summed E-state index contributed by atoms with van der Waals surface area (Å²) < 4.78 is 5.77. The number of hydrogen-bond donors (Lipinski definition) is 4. The van der Waals surface area contributed by atoms with E-state index in [1.54, 1.807) is 30.5 Å². The molecule has 1 heterocycles. The predicted molar refractivity (Wildman–Crippen MR) is 115 cm³/mol. The predicted octanol–water partition coefficient (Wildman–Crippen LogP) is 2.08. The fourth-order valence-electron chi connectivity index (χ4n) is 2.65. The number of pyridine rings is 1. The minimum absolute atomic E-state index is 0.0622. The molecule has 0 saturated heterocycles. The SMILES string of the molecule is CCNC(=O)c1ccc(N/C(COc2ccc(C)nc2)=C(\N)C(=O)NC2CC2)cc1. The first-order chi connectivity index (χ1) is 14.5.